The lowest BCUT2D eigenvalue weighted by Gasteiger charge is -2.24. The molecule has 1 aliphatic heterocycles. The van der Waals surface area contributed by atoms with Gasteiger partial charge in [0.1, 0.15) is 4.53 Å². The number of hydrogen-bond donors (Lipinski definition) is 1. The topological polar surface area (TPSA) is 72.7 Å². The van der Waals surface area contributed by atoms with E-state index in [-0.39, 0.29) is 12.2 Å². The second-order valence-electron chi connectivity index (χ2n) is 7.82. The highest BCUT2D eigenvalue weighted by atomic mass is 35.5. The van der Waals surface area contributed by atoms with Gasteiger partial charge in [0.15, 0.2) is 4.80 Å². The van der Waals surface area contributed by atoms with Crippen molar-refractivity contribution >= 4 is 40.8 Å². The molecule has 0 fully saturated rings. The maximum absolute atomic E-state index is 13.5. The summed E-state index contributed by atoms with van der Waals surface area (Å²) in [6.45, 7) is 7.77. The van der Waals surface area contributed by atoms with Crippen molar-refractivity contribution in [1.29, 1.82) is 0 Å². The van der Waals surface area contributed by atoms with Crippen LogP contribution in [0.4, 0.5) is 5.69 Å². The molecule has 4 rings (SSSR count). The largest absolute Gasteiger partial charge is 0.463 e. The molecule has 0 saturated heterocycles. The highest BCUT2D eigenvalue weighted by molar-refractivity contribution is 7.07. The number of halogens is 1. The van der Waals surface area contributed by atoms with Crippen molar-refractivity contribution in [1.82, 2.24) is 4.57 Å². The molecule has 170 valence electrons. The SMILES string of the molecule is CCOC(=O)C1=C(C)N=c2s/c(=C\Nc3cc(C)ccc3C)c(=O)n2[C@H]1c1ccc(Cl)cc1. The van der Waals surface area contributed by atoms with Crippen LogP contribution in [-0.4, -0.2) is 17.1 Å². The number of esters is 1. The maximum Gasteiger partial charge on any atom is 0.338 e. The van der Waals surface area contributed by atoms with E-state index < -0.39 is 12.0 Å². The molecule has 1 aromatic heterocycles. The zero-order valence-electron chi connectivity index (χ0n) is 18.8. The predicted molar refractivity (Wildman–Crippen MR) is 132 cm³/mol. The number of carbonyl (C=O) groups is 1. The summed E-state index contributed by atoms with van der Waals surface area (Å²) in [6, 6.07) is 12.6. The Kier molecular flexibility index (Phi) is 6.54. The number of fused-ring (bicyclic) bond motifs is 1. The lowest BCUT2D eigenvalue weighted by molar-refractivity contribution is -0.139. The van der Waals surface area contributed by atoms with Crippen molar-refractivity contribution in [3.05, 3.63) is 95.1 Å². The summed E-state index contributed by atoms with van der Waals surface area (Å²) in [5, 5.41) is 3.83. The maximum atomic E-state index is 13.5. The molecule has 1 N–H and O–H groups in total. The zero-order valence-corrected chi connectivity index (χ0v) is 20.4. The number of aryl methyl sites for hydroxylation is 2. The Morgan fingerprint density at radius 2 is 1.94 bits per heavy atom. The zero-order chi connectivity index (χ0) is 23.7. The fourth-order valence-electron chi connectivity index (χ4n) is 3.79. The molecule has 1 aliphatic rings. The molecule has 0 saturated carbocycles. The summed E-state index contributed by atoms with van der Waals surface area (Å²) >= 11 is 7.36. The van der Waals surface area contributed by atoms with Crippen LogP contribution < -0.4 is 20.2 Å². The Morgan fingerprint density at radius 1 is 1.21 bits per heavy atom. The van der Waals surface area contributed by atoms with Gasteiger partial charge in [-0.2, -0.15) is 0 Å². The van der Waals surface area contributed by atoms with Crippen LogP contribution in [0.15, 0.2) is 63.5 Å². The second kappa shape index (κ2) is 9.37. The van der Waals surface area contributed by atoms with Crippen LogP contribution in [0.25, 0.3) is 6.20 Å². The molecular formula is C25H24ClN3O3S. The van der Waals surface area contributed by atoms with Gasteiger partial charge in [0.05, 0.1) is 23.9 Å². The monoisotopic (exact) mass is 481 g/mol. The Bertz CT molecular complexity index is 1440. The van der Waals surface area contributed by atoms with Gasteiger partial charge in [0.25, 0.3) is 5.56 Å². The summed E-state index contributed by atoms with van der Waals surface area (Å²) in [5.41, 5.74) is 4.53. The van der Waals surface area contributed by atoms with Gasteiger partial charge in [-0.1, -0.05) is 47.2 Å². The minimum absolute atomic E-state index is 0.229. The van der Waals surface area contributed by atoms with Crippen LogP contribution in [0.2, 0.25) is 5.02 Å². The van der Waals surface area contributed by atoms with E-state index in [1.165, 1.54) is 11.3 Å². The summed E-state index contributed by atoms with van der Waals surface area (Å²) < 4.78 is 7.36. The van der Waals surface area contributed by atoms with Crippen molar-refractivity contribution < 1.29 is 9.53 Å². The third kappa shape index (κ3) is 4.51. The average molecular weight is 482 g/mol. The third-order valence-corrected chi connectivity index (χ3v) is 6.69. The molecule has 0 amide bonds. The van der Waals surface area contributed by atoms with Gasteiger partial charge in [0, 0.05) is 16.9 Å². The quantitative estimate of drug-likeness (QED) is 0.557. The molecule has 2 heterocycles. The number of rotatable bonds is 5. The summed E-state index contributed by atoms with van der Waals surface area (Å²) in [4.78, 5) is 31.5. The Morgan fingerprint density at radius 3 is 2.64 bits per heavy atom. The number of nitrogens with one attached hydrogen (secondary N) is 1. The highest BCUT2D eigenvalue weighted by Gasteiger charge is 2.33. The number of anilines is 1. The number of ether oxygens (including phenoxy) is 1. The van der Waals surface area contributed by atoms with Crippen LogP contribution in [0.3, 0.4) is 0 Å². The van der Waals surface area contributed by atoms with Gasteiger partial charge in [-0.15, -0.1) is 0 Å². The average Bonchev–Trinajstić information content (AvgIpc) is 3.09. The number of aromatic nitrogens is 1. The number of allylic oxidation sites excluding steroid dienone is 1. The predicted octanol–water partition coefficient (Wildman–Crippen LogP) is 4.09. The summed E-state index contributed by atoms with van der Waals surface area (Å²) in [5.74, 6) is -0.485. The van der Waals surface area contributed by atoms with E-state index in [2.05, 4.69) is 10.3 Å². The van der Waals surface area contributed by atoms with Crippen molar-refractivity contribution in [3.8, 4) is 0 Å². The normalized spacial score (nSPS) is 15.8. The Balaban J connectivity index is 1.87. The van der Waals surface area contributed by atoms with Crippen molar-refractivity contribution in [2.24, 2.45) is 4.99 Å². The first-order valence-electron chi connectivity index (χ1n) is 10.6. The molecule has 2 aromatic carbocycles. The Labute approximate surface area is 200 Å². The summed E-state index contributed by atoms with van der Waals surface area (Å²) in [6.07, 6.45) is 1.70. The molecule has 1 atom stereocenters. The van der Waals surface area contributed by atoms with Gasteiger partial charge >= 0.3 is 5.97 Å². The van der Waals surface area contributed by atoms with Crippen molar-refractivity contribution in [2.75, 3.05) is 11.9 Å². The van der Waals surface area contributed by atoms with E-state index in [9.17, 15) is 9.59 Å². The van der Waals surface area contributed by atoms with Crippen molar-refractivity contribution in [3.63, 3.8) is 0 Å². The lowest BCUT2D eigenvalue weighted by Crippen LogP contribution is -2.40. The molecule has 3 aromatic rings. The molecule has 0 radical (unpaired) electrons. The van der Waals surface area contributed by atoms with E-state index in [1.807, 2.05) is 44.2 Å². The fraction of sp³-hybridized carbons (Fsp3) is 0.240. The number of hydrogen-bond acceptors (Lipinski definition) is 6. The first-order chi connectivity index (χ1) is 15.8. The number of benzene rings is 2. The summed E-state index contributed by atoms with van der Waals surface area (Å²) in [7, 11) is 0. The van der Waals surface area contributed by atoms with E-state index in [4.69, 9.17) is 16.3 Å². The molecule has 0 unspecified atom stereocenters. The smallest absolute Gasteiger partial charge is 0.338 e. The van der Waals surface area contributed by atoms with Crippen LogP contribution in [0.5, 0.6) is 0 Å². The van der Waals surface area contributed by atoms with Gasteiger partial charge in [-0.05, 0) is 62.6 Å². The lowest BCUT2D eigenvalue weighted by atomic mass is 9.96. The minimum atomic E-state index is -0.652. The molecule has 33 heavy (non-hydrogen) atoms. The third-order valence-electron chi connectivity index (χ3n) is 5.45. The Hall–Kier alpha value is -3.16. The first kappa shape index (κ1) is 23.0. The molecule has 8 heteroatoms. The molecule has 0 bridgehead atoms. The highest BCUT2D eigenvalue weighted by Crippen LogP contribution is 2.31. The molecule has 0 spiro atoms. The molecule has 0 aliphatic carbocycles. The standard InChI is InChI=1S/C25H24ClN3O3S/c1-5-32-24(31)21-16(4)28-25-29(22(21)17-8-10-18(26)11-9-17)23(30)20(33-25)13-27-19-12-14(2)6-7-15(19)3/h6-13,22,27H,5H2,1-4H3/b20-13-/t22-/m0/s1. The fourth-order valence-corrected chi connectivity index (χ4v) is 4.88. The van der Waals surface area contributed by atoms with Gasteiger partial charge in [0.2, 0.25) is 0 Å². The second-order valence-corrected chi connectivity index (χ2v) is 9.26. The van der Waals surface area contributed by atoms with E-state index in [0.717, 1.165) is 22.4 Å². The first-order valence-corrected chi connectivity index (χ1v) is 11.8. The van der Waals surface area contributed by atoms with E-state index in [0.29, 0.717) is 25.6 Å². The van der Waals surface area contributed by atoms with Crippen LogP contribution >= 0.6 is 22.9 Å². The van der Waals surface area contributed by atoms with E-state index in [1.54, 1.807) is 36.7 Å². The molecule has 6 nitrogen and oxygen atoms in total. The van der Waals surface area contributed by atoms with Crippen LogP contribution in [0, 0.1) is 13.8 Å². The van der Waals surface area contributed by atoms with Gasteiger partial charge in [-0.3, -0.25) is 9.36 Å². The number of thiazole rings is 1. The van der Waals surface area contributed by atoms with Gasteiger partial charge < -0.3 is 10.1 Å². The van der Waals surface area contributed by atoms with Crippen LogP contribution in [-0.2, 0) is 9.53 Å². The number of carbonyl (C=O) groups excluding carboxylic acids is 1. The molecular weight excluding hydrogens is 458 g/mol. The minimum Gasteiger partial charge on any atom is -0.463 e. The van der Waals surface area contributed by atoms with Crippen LogP contribution in [0.1, 0.15) is 36.6 Å². The van der Waals surface area contributed by atoms with Crippen molar-refractivity contribution in [2.45, 2.75) is 33.7 Å². The number of nitrogens with zero attached hydrogens (tertiary/aromatic N) is 2. The van der Waals surface area contributed by atoms with E-state index >= 15 is 0 Å². The van der Waals surface area contributed by atoms with Gasteiger partial charge in [-0.25, -0.2) is 9.79 Å².